The normalized spacial score (nSPS) is 10.0. The van der Waals surface area contributed by atoms with Gasteiger partial charge in [-0.1, -0.05) is 12.1 Å². The average molecular weight is 406 g/mol. The number of benzene rings is 2. The second-order valence-electron chi connectivity index (χ2n) is 5.11. The van der Waals surface area contributed by atoms with Crippen molar-refractivity contribution in [2.75, 3.05) is 19.0 Å². The molecule has 25 heavy (non-hydrogen) atoms. The van der Waals surface area contributed by atoms with Crippen molar-refractivity contribution in [3.05, 3.63) is 58.1 Å². The molecule has 2 rings (SSSR count). The van der Waals surface area contributed by atoms with Crippen molar-refractivity contribution in [1.82, 2.24) is 0 Å². The Morgan fingerprint density at radius 2 is 1.88 bits per heavy atom. The average Bonchev–Trinajstić information content (AvgIpc) is 2.60. The summed E-state index contributed by atoms with van der Waals surface area (Å²) in [5.74, 6) is -0.766. The van der Waals surface area contributed by atoms with E-state index >= 15 is 0 Å². The van der Waals surface area contributed by atoms with Gasteiger partial charge in [0.25, 0.3) is 5.91 Å². The molecule has 1 amide bonds. The number of hydrogen-bond acceptors (Lipinski definition) is 5. The van der Waals surface area contributed by atoms with E-state index in [1.54, 1.807) is 36.4 Å². The first-order chi connectivity index (χ1) is 11.9. The quantitative estimate of drug-likeness (QED) is 0.587. The highest BCUT2D eigenvalue weighted by Gasteiger charge is 2.15. The Bertz CT molecular complexity index is 819. The Morgan fingerprint density at radius 3 is 2.56 bits per heavy atom. The molecule has 1 N–H and O–H groups in total. The van der Waals surface area contributed by atoms with E-state index in [0.29, 0.717) is 21.5 Å². The molecule has 130 valence electrons. The second kappa shape index (κ2) is 8.43. The molecule has 2 aromatic rings. The van der Waals surface area contributed by atoms with Crippen molar-refractivity contribution in [1.29, 1.82) is 0 Å². The molecular formula is C18H16BrNO5. The largest absolute Gasteiger partial charge is 0.497 e. The minimum Gasteiger partial charge on any atom is -0.497 e. The van der Waals surface area contributed by atoms with E-state index in [-0.39, 0.29) is 11.3 Å². The Morgan fingerprint density at radius 1 is 1.12 bits per heavy atom. The molecule has 0 saturated carbocycles. The summed E-state index contributed by atoms with van der Waals surface area (Å²) in [5.41, 5.74) is 1.19. The molecule has 0 saturated heterocycles. The van der Waals surface area contributed by atoms with Gasteiger partial charge in [-0.15, -0.1) is 0 Å². The molecule has 2 aromatic carbocycles. The fraction of sp³-hybridized carbons (Fsp3) is 0.167. The van der Waals surface area contributed by atoms with Crippen LogP contribution in [0.4, 0.5) is 5.69 Å². The first-order valence-corrected chi connectivity index (χ1v) is 8.11. The van der Waals surface area contributed by atoms with Crippen LogP contribution in [-0.4, -0.2) is 31.4 Å². The molecule has 0 aliphatic rings. The number of hydrogen-bond donors (Lipinski definition) is 1. The molecule has 0 aliphatic heterocycles. The molecule has 0 unspecified atom stereocenters. The van der Waals surface area contributed by atoms with Gasteiger partial charge in [-0.2, -0.15) is 0 Å². The predicted octanol–water partition coefficient (Wildman–Crippen LogP) is 3.46. The summed E-state index contributed by atoms with van der Waals surface area (Å²) in [7, 11) is 1.49. The van der Waals surface area contributed by atoms with Crippen molar-refractivity contribution in [3.63, 3.8) is 0 Å². The number of ketones is 1. The molecule has 6 nitrogen and oxygen atoms in total. The van der Waals surface area contributed by atoms with Gasteiger partial charge in [-0.25, -0.2) is 4.79 Å². The van der Waals surface area contributed by atoms with Gasteiger partial charge >= 0.3 is 5.97 Å². The van der Waals surface area contributed by atoms with Crippen LogP contribution in [0.5, 0.6) is 5.75 Å². The molecule has 0 heterocycles. The molecule has 0 fully saturated rings. The van der Waals surface area contributed by atoms with Crippen LogP contribution in [0.3, 0.4) is 0 Å². The summed E-state index contributed by atoms with van der Waals surface area (Å²) in [4.78, 5) is 35.4. The molecule has 7 heteroatoms. The highest BCUT2D eigenvalue weighted by Crippen LogP contribution is 2.23. The van der Waals surface area contributed by atoms with Crippen molar-refractivity contribution in [2.24, 2.45) is 0 Å². The van der Waals surface area contributed by atoms with Gasteiger partial charge < -0.3 is 14.8 Å². The van der Waals surface area contributed by atoms with Gasteiger partial charge in [-0.3, -0.25) is 9.59 Å². The van der Waals surface area contributed by atoms with Crippen molar-refractivity contribution in [3.8, 4) is 5.75 Å². The first kappa shape index (κ1) is 18.7. The van der Waals surface area contributed by atoms with Crippen molar-refractivity contribution >= 4 is 39.3 Å². The standard InChI is InChI=1S/C18H16BrNO5/c1-11(21)12-4-3-5-13(8-12)20-17(22)10-25-18(23)15-9-14(24-2)6-7-16(15)19/h3-9H,10H2,1-2H3,(H,20,22). The number of nitrogens with one attached hydrogen (secondary N) is 1. The third kappa shape index (κ3) is 5.15. The van der Waals surface area contributed by atoms with Gasteiger partial charge in [0.05, 0.1) is 12.7 Å². The van der Waals surface area contributed by atoms with Crippen LogP contribution in [-0.2, 0) is 9.53 Å². The number of methoxy groups -OCH3 is 1. The molecule has 0 bridgehead atoms. The third-order valence-corrected chi connectivity index (χ3v) is 3.97. The Hall–Kier alpha value is -2.67. The zero-order chi connectivity index (χ0) is 18.4. The van der Waals surface area contributed by atoms with Crippen LogP contribution in [0, 0.1) is 0 Å². The Kier molecular flexibility index (Phi) is 6.30. The van der Waals surface area contributed by atoms with Crippen LogP contribution < -0.4 is 10.1 Å². The van der Waals surface area contributed by atoms with E-state index in [0.717, 1.165) is 0 Å². The predicted molar refractivity (Wildman–Crippen MR) is 96.1 cm³/mol. The SMILES string of the molecule is COc1ccc(Br)c(C(=O)OCC(=O)Nc2cccc(C(C)=O)c2)c1. The number of carbonyl (C=O) groups excluding carboxylic acids is 3. The zero-order valence-corrected chi connectivity index (χ0v) is 15.3. The van der Waals surface area contributed by atoms with Crippen LogP contribution in [0.15, 0.2) is 46.9 Å². The molecule has 0 aliphatic carbocycles. The van der Waals surface area contributed by atoms with E-state index in [1.165, 1.54) is 20.1 Å². The Labute approximate surface area is 153 Å². The summed E-state index contributed by atoms with van der Waals surface area (Å²) in [5, 5.41) is 2.58. The van der Waals surface area contributed by atoms with E-state index in [2.05, 4.69) is 21.2 Å². The third-order valence-electron chi connectivity index (χ3n) is 3.28. The lowest BCUT2D eigenvalue weighted by Crippen LogP contribution is -2.21. The Balaban J connectivity index is 1.97. The lowest BCUT2D eigenvalue weighted by molar-refractivity contribution is -0.119. The second-order valence-corrected chi connectivity index (χ2v) is 5.96. The van der Waals surface area contributed by atoms with Crippen molar-refractivity contribution in [2.45, 2.75) is 6.92 Å². The number of Topliss-reactive ketones (excluding diaryl/α,β-unsaturated/α-hetero) is 1. The summed E-state index contributed by atoms with van der Waals surface area (Å²) < 4.78 is 10.6. The van der Waals surface area contributed by atoms with Gasteiger partial charge in [0.1, 0.15) is 5.75 Å². The minimum atomic E-state index is -0.654. The number of amides is 1. The molecule has 0 radical (unpaired) electrons. The fourth-order valence-corrected chi connectivity index (χ4v) is 2.42. The molecule has 0 spiro atoms. The van der Waals surface area contributed by atoms with Gasteiger partial charge in [-0.05, 0) is 53.2 Å². The smallest absolute Gasteiger partial charge is 0.339 e. The highest BCUT2D eigenvalue weighted by molar-refractivity contribution is 9.10. The molecular weight excluding hydrogens is 390 g/mol. The maximum absolute atomic E-state index is 12.1. The minimum absolute atomic E-state index is 0.106. The first-order valence-electron chi connectivity index (χ1n) is 7.32. The lowest BCUT2D eigenvalue weighted by Gasteiger charge is -2.09. The zero-order valence-electron chi connectivity index (χ0n) is 13.7. The topological polar surface area (TPSA) is 81.7 Å². The van der Waals surface area contributed by atoms with Crippen LogP contribution in [0.2, 0.25) is 0 Å². The van der Waals surface area contributed by atoms with Gasteiger partial charge in [0, 0.05) is 15.7 Å². The van der Waals surface area contributed by atoms with E-state index in [9.17, 15) is 14.4 Å². The van der Waals surface area contributed by atoms with Crippen LogP contribution in [0.1, 0.15) is 27.6 Å². The summed E-state index contributed by atoms with van der Waals surface area (Å²) >= 11 is 3.25. The number of rotatable bonds is 6. The number of ether oxygens (including phenoxy) is 2. The summed E-state index contributed by atoms with van der Waals surface area (Å²) in [6.45, 7) is 0.988. The van der Waals surface area contributed by atoms with Crippen LogP contribution >= 0.6 is 15.9 Å². The fourth-order valence-electron chi connectivity index (χ4n) is 2.01. The molecule has 0 aromatic heterocycles. The van der Waals surface area contributed by atoms with Crippen LogP contribution in [0.25, 0.3) is 0 Å². The van der Waals surface area contributed by atoms with Crippen molar-refractivity contribution < 1.29 is 23.9 Å². The number of esters is 1. The maximum Gasteiger partial charge on any atom is 0.339 e. The summed E-state index contributed by atoms with van der Waals surface area (Å²) in [6, 6.07) is 11.4. The van der Waals surface area contributed by atoms with Gasteiger partial charge in [0.2, 0.25) is 0 Å². The number of carbonyl (C=O) groups is 3. The number of anilines is 1. The van der Waals surface area contributed by atoms with Gasteiger partial charge in [0.15, 0.2) is 12.4 Å². The van der Waals surface area contributed by atoms with E-state index < -0.39 is 18.5 Å². The monoisotopic (exact) mass is 405 g/mol. The molecule has 0 atom stereocenters. The van der Waals surface area contributed by atoms with E-state index in [1.807, 2.05) is 0 Å². The number of halogens is 1. The lowest BCUT2D eigenvalue weighted by atomic mass is 10.1. The van der Waals surface area contributed by atoms with E-state index in [4.69, 9.17) is 9.47 Å². The summed E-state index contributed by atoms with van der Waals surface area (Å²) in [6.07, 6.45) is 0. The maximum atomic E-state index is 12.1. The highest BCUT2D eigenvalue weighted by atomic mass is 79.9.